The molecular formula is C25H24N2O4S2. The predicted octanol–water partition coefficient (Wildman–Crippen LogP) is 5.24. The number of nitrogens with one attached hydrogen (secondary N) is 1. The van der Waals surface area contributed by atoms with Crippen molar-refractivity contribution in [2.24, 2.45) is 0 Å². The van der Waals surface area contributed by atoms with E-state index in [1.165, 1.54) is 11.3 Å². The van der Waals surface area contributed by atoms with E-state index >= 15 is 0 Å². The van der Waals surface area contributed by atoms with Gasteiger partial charge < -0.3 is 10.1 Å². The molecule has 2 aromatic heterocycles. The first kappa shape index (κ1) is 22.9. The van der Waals surface area contributed by atoms with E-state index in [4.69, 9.17) is 4.74 Å². The van der Waals surface area contributed by atoms with Crippen LogP contribution in [0.25, 0.3) is 10.1 Å². The van der Waals surface area contributed by atoms with Crippen molar-refractivity contribution in [3.8, 4) is 5.75 Å². The third-order valence-corrected chi connectivity index (χ3v) is 8.00. The van der Waals surface area contributed by atoms with Gasteiger partial charge in [0.1, 0.15) is 5.75 Å². The van der Waals surface area contributed by atoms with E-state index < -0.39 is 9.84 Å². The van der Waals surface area contributed by atoms with E-state index in [0.717, 1.165) is 28.5 Å². The van der Waals surface area contributed by atoms with Crippen molar-refractivity contribution in [2.45, 2.75) is 36.1 Å². The Morgan fingerprint density at radius 1 is 1.03 bits per heavy atom. The van der Waals surface area contributed by atoms with Crippen LogP contribution in [0.5, 0.6) is 5.75 Å². The largest absolute Gasteiger partial charge is 0.494 e. The van der Waals surface area contributed by atoms with Gasteiger partial charge in [-0.25, -0.2) is 8.42 Å². The predicted molar refractivity (Wildman–Crippen MR) is 130 cm³/mol. The standard InChI is InChI=1S/C25H24N2O4S2/c1-2-3-14-31-20-6-10-22(11-7-20)33(29,30)21-8-4-18(5-9-21)16-27-25(28)23-15-19-12-13-26-17-24(19)32-23/h4-13,15,17H,2-3,14,16H2,1H3,(H,27,28). The molecule has 0 atom stereocenters. The summed E-state index contributed by atoms with van der Waals surface area (Å²) in [6, 6.07) is 16.7. The van der Waals surface area contributed by atoms with Gasteiger partial charge in [0.05, 0.1) is 26.0 Å². The molecule has 4 rings (SSSR count). The number of carbonyl (C=O) groups is 1. The first-order valence-electron chi connectivity index (χ1n) is 10.7. The maximum absolute atomic E-state index is 12.9. The maximum Gasteiger partial charge on any atom is 0.261 e. The minimum Gasteiger partial charge on any atom is -0.494 e. The van der Waals surface area contributed by atoms with E-state index in [0.29, 0.717) is 23.8 Å². The Bertz CT molecular complexity index is 1310. The number of nitrogens with zero attached hydrogens (tertiary/aromatic N) is 1. The molecule has 0 bridgehead atoms. The Morgan fingerprint density at radius 3 is 2.39 bits per heavy atom. The molecule has 1 N–H and O–H groups in total. The Morgan fingerprint density at radius 2 is 1.73 bits per heavy atom. The lowest BCUT2D eigenvalue weighted by molar-refractivity contribution is 0.0955. The molecule has 2 heterocycles. The van der Waals surface area contributed by atoms with E-state index in [-0.39, 0.29) is 15.7 Å². The fraction of sp³-hybridized carbons (Fsp3) is 0.200. The molecule has 0 aliphatic heterocycles. The lowest BCUT2D eigenvalue weighted by Crippen LogP contribution is -2.21. The van der Waals surface area contributed by atoms with Gasteiger partial charge >= 0.3 is 0 Å². The van der Waals surface area contributed by atoms with Crippen LogP contribution in [0.15, 0.2) is 82.8 Å². The van der Waals surface area contributed by atoms with Gasteiger partial charge in [-0.1, -0.05) is 25.5 Å². The fourth-order valence-electron chi connectivity index (χ4n) is 3.24. The highest BCUT2D eigenvalue weighted by Gasteiger charge is 2.18. The molecule has 0 fully saturated rings. The molecule has 4 aromatic rings. The van der Waals surface area contributed by atoms with Crippen LogP contribution >= 0.6 is 11.3 Å². The van der Waals surface area contributed by atoms with Crippen LogP contribution in [0.3, 0.4) is 0 Å². The van der Waals surface area contributed by atoms with Gasteiger partial charge in [-0.05, 0) is 65.9 Å². The van der Waals surface area contributed by atoms with Gasteiger partial charge in [0.25, 0.3) is 5.91 Å². The number of hydrogen-bond acceptors (Lipinski definition) is 6. The summed E-state index contributed by atoms with van der Waals surface area (Å²) in [5, 5.41) is 3.86. The lowest BCUT2D eigenvalue weighted by atomic mass is 10.2. The minimum atomic E-state index is -3.63. The summed E-state index contributed by atoms with van der Waals surface area (Å²) < 4.78 is 32.4. The molecule has 0 radical (unpaired) electrons. The first-order chi connectivity index (χ1) is 16.0. The highest BCUT2D eigenvalue weighted by molar-refractivity contribution is 7.91. The highest BCUT2D eigenvalue weighted by Crippen LogP contribution is 2.25. The van der Waals surface area contributed by atoms with Crippen LogP contribution in [-0.4, -0.2) is 25.9 Å². The third kappa shape index (κ3) is 5.40. The van der Waals surface area contributed by atoms with E-state index in [2.05, 4.69) is 17.2 Å². The highest BCUT2D eigenvalue weighted by atomic mass is 32.2. The van der Waals surface area contributed by atoms with Crippen molar-refractivity contribution < 1.29 is 17.9 Å². The molecule has 0 saturated carbocycles. The number of hydrogen-bond donors (Lipinski definition) is 1. The average Bonchev–Trinajstić information content (AvgIpc) is 3.28. The molecule has 8 heteroatoms. The minimum absolute atomic E-state index is 0.172. The van der Waals surface area contributed by atoms with Gasteiger partial charge in [-0.15, -0.1) is 11.3 Å². The quantitative estimate of drug-likeness (QED) is 0.331. The van der Waals surface area contributed by atoms with Crippen LogP contribution in [-0.2, 0) is 16.4 Å². The first-order valence-corrected chi connectivity index (χ1v) is 13.0. The summed E-state index contributed by atoms with van der Waals surface area (Å²) in [4.78, 5) is 17.6. The third-order valence-electron chi connectivity index (χ3n) is 5.13. The Labute approximate surface area is 197 Å². The molecule has 170 valence electrons. The smallest absolute Gasteiger partial charge is 0.261 e. The van der Waals surface area contributed by atoms with Gasteiger partial charge in [0.2, 0.25) is 9.84 Å². The Balaban J connectivity index is 1.39. The number of aromatic nitrogens is 1. The number of pyridine rings is 1. The number of amides is 1. The molecule has 0 aliphatic rings. The molecule has 1 amide bonds. The summed E-state index contributed by atoms with van der Waals surface area (Å²) in [5.41, 5.74) is 0.810. The lowest BCUT2D eigenvalue weighted by Gasteiger charge is -2.09. The molecular weight excluding hydrogens is 456 g/mol. The number of thiophene rings is 1. The van der Waals surface area contributed by atoms with Crippen LogP contribution in [0.1, 0.15) is 35.0 Å². The van der Waals surface area contributed by atoms with E-state index in [1.54, 1.807) is 60.9 Å². The number of carbonyl (C=O) groups excluding carboxylic acids is 1. The van der Waals surface area contributed by atoms with Gasteiger partial charge in [0.15, 0.2) is 0 Å². The molecule has 2 aromatic carbocycles. The summed E-state index contributed by atoms with van der Waals surface area (Å²) in [7, 11) is -3.63. The topological polar surface area (TPSA) is 85.4 Å². The van der Waals surface area contributed by atoms with Crippen LogP contribution in [0, 0.1) is 0 Å². The van der Waals surface area contributed by atoms with Crippen molar-refractivity contribution in [2.75, 3.05) is 6.61 Å². The molecule has 6 nitrogen and oxygen atoms in total. The summed E-state index contributed by atoms with van der Waals surface area (Å²) in [5.74, 6) is 0.484. The van der Waals surface area contributed by atoms with E-state index in [1.807, 2.05) is 12.1 Å². The van der Waals surface area contributed by atoms with Crippen molar-refractivity contribution >= 4 is 37.2 Å². The second-order valence-corrected chi connectivity index (χ2v) is 10.6. The molecule has 33 heavy (non-hydrogen) atoms. The van der Waals surface area contributed by atoms with Gasteiger partial charge in [0, 0.05) is 18.9 Å². The number of unbranched alkanes of at least 4 members (excludes halogenated alkanes) is 1. The molecule has 0 spiro atoms. The SMILES string of the molecule is CCCCOc1ccc(S(=O)(=O)c2ccc(CNC(=O)c3cc4ccncc4s3)cc2)cc1. The maximum atomic E-state index is 12.9. The van der Waals surface area contributed by atoms with Crippen molar-refractivity contribution in [1.29, 1.82) is 0 Å². The molecule has 0 unspecified atom stereocenters. The number of benzene rings is 2. The monoisotopic (exact) mass is 480 g/mol. The zero-order valence-electron chi connectivity index (χ0n) is 18.2. The van der Waals surface area contributed by atoms with Crippen molar-refractivity contribution in [3.05, 3.63) is 83.5 Å². The number of rotatable bonds is 9. The van der Waals surface area contributed by atoms with Crippen molar-refractivity contribution in [1.82, 2.24) is 10.3 Å². The second kappa shape index (κ2) is 10.1. The van der Waals surface area contributed by atoms with Crippen LogP contribution in [0.2, 0.25) is 0 Å². The second-order valence-electron chi connectivity index (χ2n) is 7.53. The van der Waals surface area contributed by atoms with Gasteiger partial charge in [-0.3, -0.25) is 9.78 Å². The van der Waals surface area contributed by atoms with Gasteiger partial charge in [-0.2, -0.15) is 0 Å². The summed E-state index contributed by atoms with van der Waals surface area (Å²) in [6.45, 7) is 3.00. The number of ether oxygens (including phenoxy) is 1. The van der Waals surface area contributed by atoms with Crippen molar-refractivity contribution in [3.63, 3.8) is 0 Å². The Hall–Kier alpha value is -3.23. The normalized spacial score (nSPS) is 11.4. The average molecular weight is 481 g/mol. The zero-order chi connectivity index (χ0) is 23.3. The summed E-state index contributed by atoms with van der Waals surface area (Å²) >= 11 is 1.39. The van der Waals surface area contributed by atoms with E-state index in [9.17, 15) is 13.2 Å². The molecule has 0 aliphatic carbocycles. The number of sulfone groups is 1. The Kier molecular flexibility index (Phi) is 7.05. The fourth-order valence-corrected chi connectivity index (χ4v) is 5.44. The van der Waals surface area contributed by atoms with Crippen LogP contribution < -0.4 is 10.1 Å². The summed E-state index contributed by atoms with van der Waals surface area (Å²) in [6.07, 6.45) is 5.43. The zero-order valence-corrected chi connectivity index (χ0v) is 19.8. The molecule has 0 saturated heterocycles. The number of fused-ring (bicyclic) bond motifs is 1. The van der Waals surface area contributed by atoms with Crippen LogP contribution in [0.4, 0.5) is 0 Å².